The number of carbonyl (C=O) groups excluding carboxylic acids is 1. The standard InChI is InChI=1S/C22H20N4O2/c1-14-23-13-20(26(14)2)16-4-5-17-12-24-21(11-18(17)10-16)25-22(27)15-6-8-19(28-3)9-7-15/h4-13H,1-3H3,(H,24,25,27)/i3D3. The minimum Gasteiger partial charge on any atom is -0.497 e. The van der Waals surface area contributed by atoms with Gasteiger partial charge in [0.2, 0.25) is 0 Å². The number of ether oxygens (including phenoxy) is 1. The lowest BCUT2D eigenvalue weighted by atomic mass is 10.1. The number of hydrogen-bond acceptors (Lipinski definition) is 4. The highest BCUT2D eigenvalue weighted by Gasteiger charge is 2.10. The maximum atomic E-state index is 12.6. The first-order chi connectivity index (χ1) is 14.7. The van der Waals surface area contributed by atoms with E-state index in [-0.39, 0.29) is 11.7 Å². The van der Waals surface area contributed by atoms with Crippen molar-refractivity contribution in [2.75, 3.05) is 12.4 Å². The second-order valence-corrected chi connectivity index (χ2v) is 6.46. The van der Waals surface area contributed by atoms with Gasteiger partial charge < -0.3 is 14.6 Å². The quantitative estimate of drug-likeness (QED) is 0.580. The summed E-state index contributed by atoms with van der Waals surface area (Å²) in [5, 5.41) is 4.66. The van der Waals surface area contributed by atoms with Gasteiger partial charge in [0.15, 0.2) is 0 Å². The molecular weight excluding hydrogens is 352 g/mol. The van der Waals surface area contributed by atoms with Gasteiger partial charge in [-0.1, -0.05) is 12.1 Å². The number of anilines is 1. The van der Waals surface area contributed by atoms with Crippen molar-refractivity contribution in [2.24, 2.45) is 7.05 Å². The normalized spacial score (nSPS) is 12.9. The Labute approximate surface area is 167 Å². The smallest absolute Gasteiger partial charge is 0.256 e. The first-order valence-corrected chi connectivity index (χ1v) is 8.68. The number of aromatic nitrogens is 3. The third-order valence-corrected chi connectivity index (χ3v) is 4.71. The molecule has 0 aliphatic heterocycles. The van der Waals surface area contributed by atoms with Gasteiger partial charge in [-0.15, -0.1) is 0 Å². The number of pyridine rings is 1. The molecule has 0 bridgehead atoms. The molecule has 2 heterocycles. The Hall–Kier alpha value is -3.67. The Balaban J connectivity index is 1.55. The lowest BCUT2D eigenvalue weighted by molar-refractivity contribution is 0.102. The van der Waals surface area contributed by atoms with Crippen molar-refractivity contribution in [3.8, 4) is 17.0 Å². The number of fused-ring (bicyclic) bond motifs is 1. The van der Waals surface area contributed by atoms with Gasteiger partial charge in [0.05, 0.1) is 23.0 Å². The average Bonchev–Trinajstić information content (AvgIpc) is 3.05. The Bertz CT molecular complexity index is 1260. The maximum Gasteiger partial charge on any atom is 0.256 e. The molecule has 2 aromatic carbocycles. The number of nitrogens with zero attached hydrogens (tertiary/aromatic N) is 3. The highest BCUT2D eigenvalue weighted by molar-refractivity contribution is 6.04. The lowest BCUT2D eigenvalue weighted by Gasteiger charge is -2.08. The number of hydrogen-bond donors (Lipinski definition) is 1. The Morgan fingerprint density at radius 3 is 2.61 bits per heavy atom. The number of amides is 1. The van der Waals surface area contributed by atoms with Crippen LogP contribution in [0.25, 0.3) is 22.0 Å². The summed E-state index contributed by atoms with van der Waals surface area (Å²) >= 11 is 0. The molecule has 0 spiro atoms. The predicted octanol–water partition coefficient (Wildman–Crippen LogP) is 4.20. The van der Waals surface area contributed by atoms with Crippen molar-refractivity contribution in [3.63, 3.8) is 0 Å². The molecule has 4 aromatic rings. The highest BCUT2D eigenvalue weighted by atomic mass is 16.5. The molecule has 0 aliphatic rings. The van der Waals surface area contributed by atoms with Gasteiger partial charge >= 0.3 is 0 Å². The van der Waals surface area contributed by atoms with Gasteiger partial charge in [0.1, 0.15) is 17.4 Å². The van der Waals surface area contributed by atoms with Gasteiger partial charge in [0.25, 0.3) is 5.91 Å². The van der Waals surface area contributed by atoms with E-state index in [1.165, 1.54) is 24.3 Å². The van der Waals surface area contributed by atoms with Gasteiger partial charge in [-0.2, -0.15) is 0 Å². The zero-order valence-electron chi connectivity index (χ0n) is 18.4. The topological polar surface area (TPSA) is 69.0 Å². The molecule has 6 nitrogen and oxygen atoms in total. The third-order valence-electron chi connectivity index (χ3n) is 4.71. The van der Waals surface area contributed by atoms with E-state index < -0.39 is 7.04 Å². The highest BCUT2D eigenvalue weighted by Crippen LogP contribution is 2.26. The number of imidazole rings is 1. The van der Waals surface area contributed by atoms with Crippen LogP contribution in [-0.2, 0) is 7.05 Å². The van der Waals surface area contributed by atoms with E-state index in [9.17, 15) is 4.79 Å². The van der Waals surface area contributed by atoms with Crippen LogP contribution in [-0.4, -0.2) is 27.5 Å². The van der Waals surface area contributed by atoms with Crippen molar-refractivity contribution >= 4 is 22.5 Å². The fourth-order valence-electron chi connectivity index (χ4n) is 3.00. The van der Waals surface area contributed by atoms with Crippen LogP contribution in [0.3, 0.4) is 0 Å². The number of methoxy groups -OCH3 is 1. The molecule has 4 rings (SSSR count). The third kappa shape index (κ3) is 3.32. The van der Waals surface area contributed by atoms with Crippen molar-refractivity contribution in [3.05, 3.63) is 72.3 Å². The summed E-state index contributed by atoms with van der Waals surface area (Å²) in [6, 6.07) is 13.7. The number of nitrogens with one attached hydrogen (secondary N) is 1. The Kier molecular flexibility index (Phi) is 3.68. The minimum atomic E-state index is -2.54. The SMILES string of the molecule is [2H]C([2H])([2H])Oc1ccc(C(=O)Nc2cc3cc(-c4cnc(C)n4C)ccc3cn2)cc1. The lowest BCUT2D eigenvalue weighted by Crippen LogP contribution is -2.12. The van der Waals surface area contributed by atoms with E-state index >= 15 is 0 Å². The molecule has 140 valence electrons. The van der Waals surface area contributed by atoms with Gasteiger partial charge in [-0.3, -0.25) is 4.79 Å². The second-order valence-electron chi connectivity index (χ2n) is 6.46. The monoisotopic (exact) mass is 375 g/mol. The summed E-state index contributed by atoms with van der Waals surface area (Å²) in [5.74, 6) is 1.15. The summed E-state index contributed by atoms with van der Waals surface area (Å²) in [6.07, 6.45) is 3.54. The fourth-order valence-corrected chi connectivity index (χ4v) is 3.00. The van der Waals surface area contributed by atoms with Gasteiger partial charge in [-0.05, 0) is 48.7 Å². The Morgan fingerprint density at radius 1 is 1.07 bits per heavy atom. The van der Waals surface area contributed by atoms with E-state index in [1.54, 1.807) is 6.20 Å². The first kappa shape index (κ1) is 14.4. The van der Waals surface area contributed by atoms with Gasteiger partial charge in [-0.25, -0.2) is 9.97 Å². The summed E-state index contributed by atoms with van der Waals surface area (Å²) in [6.45, 7) is 1.95. The van der Waals surface area contributed by atoms with E-state index in [0.29, 0.717) is 11.4 Å². The number of carbonyl (C=O) groups is 1. The van der Waals surface area contributed by atoms with Crippen LogP contribution in [0.4, 0.5) is 5.82 Å². The number of rotatable bonds is 4. The fraction of sp³-hybridized carbons (Fsp3) is 0.136. The molecule has 0 fully saturated rings. The largest absolute Gasteiger partial charge is 0.497 e. The summed E-state index contributed by atoms with van der Waals surface area (Å²) in [4.78, 5) is 21.2. The number of benzene rings is 2. The summed E-state index contributed by atoms with van der Waals surface area (Å²) < 4.78 is 28.2. The molecule has 1 amide bonds. The summed E-state index contributed by atoms with van der Waals surface area (Å²) in [5.41, 5.74) is 2.38. The molecular formula is C22H20N4O2. The molecule has 0 saturated carbocycles. The van der Waals surface area contributed by atoms with Crippen molar-refractivity contribution < 1.29 is 13.6 Å². The van der Waals surface area contributed by atoms with Crippen molar-refractivity contribution in [2.45, 2.75) is 6.92 Å². The molecule has 0 unspecified atom stereocenters. The molecule has 2 aromatic heterocycles. The predicted molar refractivity (Wildman–Crippen MR) is 110 cm³/mol. The average molecular weight is 375 g/mol. The molecule has 0 atom stereocenters. The van der Waals surface area contributed by atoms with Crippen LogP contribution in [0.15, 0.2) is 60.9 Å². The molecule has 0 radical (unpaired) electrons. The van der Waals surface area contributed by atoms with Crippen LogP contribution in [0.1, 0.15) is 20.3 Å². The Morgan fingerprint density at radius 2 is 1.89 bits per heavy atom. The van der Waals surface area contributed by atoms with E-state index in [2.05, 4.69) is 15.3 Å². The second kappa shape index (κ2) is 7.15. The van der Waals surface area contributed by atoms with Crippen LogP contribution >= 0.6 is 0 Å². The van der Waals surface area contributed by atoms with Crippen molar-refractivity contribution in [1.82, 2.24) is 14.5 Å². The first-order valence-electron chi connectivity index (χ1n) is 10.2. The zero-order valence-corrected chi connectivity index (χ0v) is 15.4. The molecule has 0 aliphatic carbocycles. The minimum absolute atomic E-state index is 0.165. The van der Waals surface area contributed by atoms with Crippen LogP contribution in [0.2, 0.25) is 0 Å². The number of aryl methyl sites for hydroxylation is 1. The van der Waals surface area contributed by atoms with E-state index in [1.807, 2.05) is 49.0 Å². The van der Waals surface area contributed by atoms with Crippen LogP contribution in [0, 0.1) is 6.92 Å². The molecule has 0 saturated heterocycles. The summed E-state index contributed by atoms with van der Waals surface area (Å²) in [7, 11) is -0.569. The van der Waals surface area contributed by atoms with Gasteiger partial charge in [0, 0.05) is 29.8 Å². The molecule has 6 heteroatoms. The molecule has 28 heavy (non-hydrogen) atoms. The van der Waals surface area contributed by atoms with E-state index in [4.69, 9.17) is 8.85 Å². The van der Waals surface area contributed by atoms with Crippen LogP contribution < -0.4 is 10.1 Å². The molecule has 1 N–H and O–H groups in total. The van der Waals surface area contributed by atoms with E-state index in [0.717, 1.165) is 27.9 Å². The van der Waals surface area contributed by atoms with Crippen LogP contribution in [0.5, 0.6) is 5.75 Å². The zero-order chi connectivity index (χ0) is 22.2. The van der Waals surface area contributed by atoms with Crippen molar-refractivity contribution in [1.29, 1.82) is 0 Å². The maximum absolute atomic E-state index is 12.6.